The number of rotatable bonds is 5. The van der Waals surface area contributed by atoms with Gasteiger partial charge in [-0.05, 0) is 36.5 Å². The van der Waals surface area contributed by atoms with Gasteiger partial charge in [-0.25, -0.2) is 4.98 Å². The number of amides is 1. The van der Waals surface area contributed by atoms with Gasteiger partial charge in [-0.3, -0.25) is 4.79 Å². The molecule has 1 aliphatic carbocycles. The summed E-state index contributed by atoms with van der Waals surface area (Å²) in [5.41, 5.74) is 9.19. The van der Waals surface area contributed by atoms with Gasteiger partial charge in [0.25, 0.3) is 5.91 Å². The van der Waals surface area contributed by atoms with Crippen molar-refractivity contribution in [2.45, 2.75) is 25.3 Å². The number of carbonyl (C=O) groups is 1. The lowest BCUT2D eigenvalue weighted by Gasteiger charge is -2.18. The van der Waals surface area contributed by atoms with Gasteiger partial charge in [-0.2, -0.15) is 0 Å². The van der Waals surface area contributed by atoms with E-state index in [1.54, 1.807) is 0 Å². The molecule has 0 radical (unpaired) electrons. The minimum atomic E-state index is -0.452. The lowest BCUT2D eigenvalue weighted by atomic mass is 10.1. The predicted molar refractivity (Wildman–Crippen MR) is 103 cm³/mol. The van der Waals surface area contributed by atoms with Crippen molar-refractivity contribution < 1.29 is 9.53 Å². The van der Waals surface area contributed by atoms with Crippen molar-refractivity contribution in [2.24, 2.45) is 0 Å². The van der Waals surface area contributed by atoms with Gasteiger partial charge >= 0.3 is 0 Å². The first-order valence-corrected chi connectivity index (χ1v) is 9.49. The van der Waals surface area contributed by atoms with Gasteiger partial charge in [0, 0.05) is 5.69 Å². The summed E-state index contributed by atoms with van der Waals surface area (Å²) >= 11 is 1.25. The molecule has 0 saturated heterocycles. The second-order valence-electron chi connectivity index (χ2n) is 6.30. The van der Waals surface area contributed by atoms with Gasteiger partial charge in [0.15, 0.2) is 0 Å². The summed E-state index contributed by atoms with van der Waals surface area (Å²) in [5.74, 6) is 0.0772. The zero-order chi connectivity index (χ0) is 18.8. The van der Waals surface area contributed by atoms with Crippen molar-refractivity contribution in [1.29, 1.82) is 0 Å². The van der Waals surface area contributed by atoms with Crippen LogP contribution in [0, 0.1) is 0 Å². The Morgan fingerprint density at radius 3 is 2.78 bits per heavy atom. The van der Waals surface area contributed by atoms with E-state index >= 15 is 0 Å². The van der Waals surface area contributed by atoms with Crippen molar-refractivity contribution in [3.8, 4) is 5.88 Å². The molecule has 1 aliphatic rings. The Morgan fingerprint density at radius 1 is 1.26 bits per heavy atom. The molecule has 0 fully saturated rings. The van der Waals surface area contributed by atoms with E-state index in [4.69, 9.17) is 10.5 Å². The molecule has 0 aliphatic heterocycles. The van der Waals surface area contributed by atoms with E-state index in [1.165, 1.54) is 18.4 Å². The van der Waals surface area contributed by atoms with Crippen molar-refractivity contribution in [3.63, 3.8) is 0 Å². The van der Waals surface area contributed by atoms with Gasteiger partial charge in [0.2, 0.25) is 11.0 Å². The Balaban J connectivity index is 1.68. The van der Waals surface area contributed by atoms with Crippen LogP contribution >= 0.6 is 11.3 Å². The van der Waals surface area contributed by atoms with Gasteiger partial charge in [0.05, 0.1) is 7.11 Å². The van der Waals surface area contributed by atoms with Crippen LogP contribution in [0.2, 0.25) is 0 Å². The summed E-state index contributed by atoms with van der Waals surface area (Å²) in [6.45, 7) is 0. The zero-order valence-electron chi connectivity index (χ0n) is 14.8. The molecule has 2 heterocycles. The maximum Gasteiger partial charge on any atom is 0.257 e. The summed E-state index contributed by atoms with van der Waals surface area (Å²) in [7, 11) is 1.53. The van der Waals surface area contributed by atoms with Gasteiger partial charge in [-0.15, -0.1) is 10.2 Å². The molecule has 1 aromatic carbocycles. The van der Waals surface area contributed by atoms with Gasteiger partial charge in [-0.1, -0.05) is 41.7 Å². The third-order valence-electron chi connectivity index (χ3n) is 4.57. The second-order valence-corrected chi connectivity index (χ2v) is 7.34. The zero-order valence-corrected chi connectivity index (χ0v) is 15.6. The summed E-state index contributed by atoms with van der Waals surface area (Å²) in [6, 6.07) is 11.0. The molecule has 0 spiro atoms. The number of hydrogen-bond acceptors (Lipinski definition) is 7. The Morgan fingerprint density at radius 2 is 2.07 bits per heavy atom. The maximum absolute atomic E-state index is 13.1. The molecule has 0 bridgehead atoms. The smallest absolute Gasteiger partial charge is 0.257 e. The molecule has 27 heavy (non-hydrogen) atoms. The van der Waals surface area contributed by atoms with Crippen LogP contribution in [0.5, 0.6) is 5.88 Å². The molecular weight excluding hydrogens is 362 g/mol. The minimum absolute atomic E-state index is 0.267. The monoisotopic (exact) mass is 381 g/mol. The van der Waals surface area contributed by atoms with Gasteiger partial charge in [0.1, 0.15) is 16.6 Å². The van der Waals surface area contributed by atoms with Crippen LogP contribution in [0.25, 0.3) is 0 Å². The summed E-state index contributed by atoms with van der Waals surface area (Å²) in [6.07, 6.45) is 2.90. The third kappa shape index (κ3) is 3.48. The molecule has 4 rings (SSSR count). The van der Waals surface area contributed by atoms with Crippen LogP contribution in [0.15, 0.2) is 36.4 Å². The van der Waals surface area contributed by atoms with E-state index < -0.39 is 6.04 Å². The van der Waals surface area contributed by atoms with E-state index in [0.717, 1.165) is 36.1 Å². The van der Waals surface area contributed by atoms with E-state index in [0.29, 0.717) is 21.6 Å². The van der Waals surface area contributed by atoms with Crippen molar-refractivity contribution in [1.82, 2.24) is 20.5 Å². The van der Waals surface area contributed by atoms with E-state index in [-0.39, 0.29) is 5.91 Å². The highest BCUT2D eigenvalue weighted by atomic mass is 32.1. The van der Waals surface area contributed by atoms with Gasteiger partial charge < -0.3 is 15.8 Å². The molecule has 0 saturated carbocycles. The number of nitrogen functional groups attached to an aromatic ring is 1. The number of hydrogen-bond donors (Lipinski definition) is 2. The number of nitrogens with one attached hydrogen (secondary N) is 1. The fourth-order valence-electron chi connectivity index (χ4n) is 3.28. The number of anilines is 1. The molecule has 3 aromatic rings. The van der Waals surface area contributed by atoms with Crippen molar-refractivity contribution in [2.75, 3.05) is 12.8 Å². The number of fused-ring (bicyclic) bond motifs is 1. The molecule has 3 N–H and O–H groups in total. The van der Waals surface area contributed by atoms with Crippen LogP contribution in [0.3, 0.4) is 0 Å². The Hall–Kier alpha value is -3.00. The molecule has 2 aromatic heterocycles. The average molecular weight is 381 g/mol. The number of aryl methyl sites for hydroxylation is 2. The van der Waals surface area contributed by atoms with E-state index in [2.05, 4.69) is 20.5 Å². The summed E-state index contributed by atoms with van der Waals surface area (Å²) in [5, 5.41) is 12.0. The number of pyridine rings is 1. The third-order valence-corrected chi connectivity index (χ3v) is 5.38. The maximum atomic E-state index is 13.1. The lowest BCUT2D eigenvalue weighted by molar-refractivity contribution is 0.0939. The number of aromatic nitrogens is 3. The van der Waals surface area contributed by atoms with Crippen LogP contribution in [0.1, 0.15) is 44.6 Å². The number of ether oxygens (including phenoxy) is 1. The molecular formula is C19H19N5O2S. The van der Waals surface area contributed by atoms with Crippen molar-refractivity contribution >= 4 is 22.4 Å². The second kappa shape index (κ2) is 7.32. The van der Waals surface area contributed by atoms with Crippen LogP contribution < -0.4 is 15.8 Å². The Bertz CT molecular complexity index is 973. The summed E-state index contributed by atoms with van der Waals surface area (Å²) in [4.78, 5) is 17.6. The highest BCUT2D eigenvalue weighted by Crippen LogP contribution is 2.29. The number of nitrogens with two attached hydrogens (primary N) is 1. The first-order valence-electron chi connectivity index (χ1n) is 8.67. The molecule has 1 atom stereocenters. The Kier molecular flexibility index (Phi) is 4.72. The van der Waals surface area contributed by atoms with Crippen molar-refractivity contribution in [3.05, 3.63) is 63.8 Å². The standard InChI is InChI=1S/C19H19N5O2S/c1-26-17-13(10-12-8-5-9-14(12)21-17)16(25)22-15(11-6-3-2-4-7-11)18-23-24-19(20)27-18/h2-4,6-7,10,15H,5,8-9H2,1H3,(H2,20,24)(H,22,25)/t15-/m0/s1. The largest absolute Gasteiger partial charge is 0.480 e. The minimum Gasteiger partial charge on any atom is -0.480 e. The average Bonchev–Trinajstić information content (AvgIpc) is 3.33. The summed E-state index contributed by atoms with van der Waals surface area (Å²) < 4.78 is 5.37. The van der Waals surface area contributed by atoms with E-state index in [1.807, 2.05) is 36.4 Å². The normalized spacial score (nSPS) is 13.8. The SMILES string of the molecule is COc1nc2c(cc1C(=O)N[C@@H](c1ccccc1)c1nnc(N)s1)CCC2. The number of nitrogens with zero attached hydrogens (tertiary/aromatic N) is 3. The molecule has 7 nitrogen and oxygen atoms in total. The number of carbonyl (C=O) groups excluding carboxylic acids is 1. The quantitative estimate of drug-likeness (QED) is 0.704. The molecule has 1 amide bonds. The first-order chi connectivity index (χ1) is 13.2. The Labute approximate surface area is 160 Å². The van der Waals surface area contributed by atoms with Crippen LogP contribution in [-0.2, 0) is 12.8 Å². The lowest BCUT2D eigenvalue weighted by Crippen LogP contribution is -2.30. The fraction of sp³-hybridized carbons (Fsp3) is 0.263. The van der Waals surface area contributed by atoms with E-state index in [9.17, 15) is 4.79 Å². The number of benzene rings is 1. The highest BCUT2D eigenvalue weighted by molar-refractivity contribution is 7.15. The highest BCUT2D eigenvalue weighted by Gasteiger charge is 2.25. The molecule has 8 heteroatoms. The predicted octanol–water partition coefficient (Wildman–Crippen LogP) is 2.53. The molecule has 138 valence electrons. The van der Waals surface area contributed by atoms with Crippen LogP contribution in [0.4, 0.5) is 5.13 Å². The first kappa shape index (κ1) is 17.4. The molecule has 0 unspecified atom stereocenters. The fourth-order valence-corrected chi connectivity index (χ4v) is 3.97. The number of methoxy groups -OCH3 is 1. The van der Waals surface area contributed by atoms with Crippen LogP contribution in [-0.4, -0.2) is 28.2 Å². The topological polar surface area (TPSA) is 103 Å².